The van der Waals surface area contributed by atoms with Gasteiger partial charge in [-0.3, -0.25) is 25.0 Å². The fraction of sp³-hybridized carbons (Fsp3) is 0. The number of amides is 1. The van der Waals surface area contributed by atoms with Crippen LogP contribution in [0.15, 0.2) is 71.8 Å². The quantitative estimate of drug-likeness (QED) is 0.181. The molecule has 3 aromatic rings. The van der Waals surface area contributed by atoms with Gasteiger partial charge in [0.15, 0.2) is 0 Å². The van der Waals surface area contributed by atoms with E-state index in [-0.39, 0.29) is 22.6 Å². The number of nitrogens with one attached hydrogen (secondary N) is 1. The van der Waals surface area contributed by atoms with Gasteiger partial charge >= 0.3 is 5.97 Å². The first kappa shape index (κ1) is 22.6. The summed E-state index contributed by atoms with van der Waals surface area (Å²) >= 11 is 0. The van der Waals surface area contributed by atoms with Gasteiger partial charge in [0.2, 0.25) is 0 Å². The number of rotatable bonds is 7. The number of aromatic hydroxyl groups is 1. The van der Waals surface area contributed by atoms with E-state index in [1.165, 1.54) is 36.5 Å². The topological polar surface area (TPSA) is 174 Å². The zero-order chi connectivity index (χ0) is 24.0. The second kappa shape index (κ2) is 9.78. The van der Waals surface area contributed by atoms with Crippen LogP contribution in [0, 0.1) is 20.2 Å². The number of phenols is 1. The third kappa shape index (κ3) is 5.52. The number of hydrazone groups is 1. The Morgan fingerprint density at radius 2 is 1.55 bits per heavy atom. The summed E-state index contributed by atoms with van der Waals surface area (Å²) in [6, 6.07) is 14.3. The molecule has 0 bridgehead atoms. The summed E-state index contributed by atoms with van der Waals surface area (Å²) in [6.45, 7) is 0. The first-order valence-electron chi connectivity index (χ1n) is 9.12. The van der Waals surface area contributed by atoms with Crippen molar-refractivity contribution in [3.8, 4) is 11.5 Å². The van der Waals surface area contributed by atoms with Crippen LogP contribution in [0.4, 0.5) is 11.4 Å². The molecule has 166 valence electrons. The van der Waals surface area contributed by atoms with Crippen LogP contribution in [0.1, 0.15) is 26.3 Å². The van der Waals surface area contributed by atoms with Crippen molar-refractivity contribution in [3.05, 3.63) is 104 Å². The van der Waals surface area contributed by atoms with E-state index in [0.29, 0.717) is 0 Å². The molecule has 0 atom stereocenters. The van der Waals surface area contributed by atoms with Crippen molar-refractivity contribution in [1.29, 1.82) is 0 Å². The lowest BCUT2D eigenvalue weighted by Gasteiger charge is -2.07. The number of carbonyl (C=O) groups excluding carboxylic acids is 2. The van der Waals surface area contributed by atoms with E-state index < -0.39 is 38.7 Å². The number of carbonyl (C=O) groups is 2. The Balaban J connectivity index is 1.80. The Kier molecular flexibility index (Phi) is 6.69. The van der Waals surface area contributed by atoms with Gasteiger partial charge in [-0.2, -0.15) is 5.10 Å². The van der Waals surface area contributed by atoms with E-state index in [2.05, 4.69) is 10.5 Å². The van der Waals surface area contributed by atoms with Gasteiger partial charge in [0.25, 0.3) is 17.3 Å². The van der Waals surface area contributed by atoms with Gasteiger partial charge in [-0.1, -0.05) is 24.3 Å². The number of benzene rings is 3. The van der Waals surface area contributed by atoms with Crippen molar-refractivity contribution in [2.45, 2.75) is 0 Å². The Morgan fingerprint density at radius 1 is 0.939 bits per heavy atom. The third-order valence-electron chi connectivity index (χ3n) is 4.20. The highest BCUT2D eigenvalue weighted by atomic mass is 16.6. The monoisotopic (exact) mass is 450 g/mol. The van der Waals surface area contributed by atoms with Crippen molar-refractivity contribution in [2.24, 2.45) is 5.10 Å². The van der Waals surface area contributed by atoms with Gasteiger partial charge in [0, 0.05) is 17.7 Å². The number of hydrogen-bond acceptors (Lipinski definition) is 9. The number of ether oxygens (including phenoxy) is 1. The molecular formula is C21H14N4O8. The molecule has 0 aliphatic heterocycles. The summed E-state index contributed by atoms with van der Waals surface area (Å²) in [5.41, 5.74) is 0.800. The van der Waals surface area contributed by atoms with Gasteiger partial charge in [-0.25, -0.2) is 10.2 Å². The number of nitro groups is 2. The van der Waals surface area contributed by atoms with E-state index in [0.717, 1.165) is 18.2 Å². The van der Waals surface area contributed by atoms with Crippen molar-refractivity contribution in [1.82, 2.24) is 5.43 Å². The van der Waals surface area contributed by atoms with Gasteiger partial charge in [-0.05, 0) is 24.3 Å². The van der Waals surface area contributed by atoms with Crippen LogP contribution in [0.2, 0.25) is 0 Å². The summed E-state index contributed by atoms with van der Waals surface area (Å²) in [6.07, 6.45) is 1.18. The standard InChI is InChI=1S/C21H14N4O8/c26-18-7-3-2-6-17(18)20(27)23-22-12-13-5-1-4-8-19(13)33-21(28)14-9-15(24(29)30)11-16(10-14)25(31)32/h1-12,26H,(H,23,27). The molecule has 12 nitrogen and oxygen atoms in total. The third-order valence-corrected chi connectivity index (χ3v) is 4.20. The highest BCUT2D eigenvalue weighted by molar-refractivity contribution is 5.98. The highest BCUT2D eigenvalue weighted by Gasteiger charge is 2.21. The zero-order valence-electron chi connectivity index (χ0n) is 16.6. The minimum absolute atomic E-state index is 0.00151. The van der Waals surface area contributed by atoms with Crippen LogP contribution < -0.4 is 10.2 Å². The van der Waals surface area contributed by atoms with Gasteiger partial charge in [0.1, 0.15) is 11.5 Å². The smallest absolute Gasteiger partial charge is 0.344 e. The van der Waals surface area contributed by atoms with Crippen LogP contribution in [0.25, 0.3) is 0 Å². The van der Waals surface area contributed by atoms with Crippen LogP contribution in [0.3, 0.4) is 0 Å². The Labute approximate surface area is 185 Å². The fourth-order valence-electron chi connectivity index (χ4n) is 2.65. The van der Waals surface area contributed by atoms with Crippen molar-refractivity contribution in [2.75, 3.05) is 0 Å². The van der Waals surface area contributed by atoms with Gasteiger partial charge in [-0.15, -0.1) is 0 Å². The number of phenolic OH excluding ortho intramolecular Hbond substituents is 1. The minimum Gasteiger partial charge on any atom is -0.507 e. The summed E-state index contributed by atoms with van der Waals surface area (Å²) in [7, 11) is 0. The number of non-ortho nitro benzene ring substituents is 2. The summed E-state index contributed by atoms with van der Waals surface area (Å²) in [4.78, 5) is 44.9. The fourth-order valence-corrected chi connectivity index (χ4v) is 2.65. The summed E-state index contributed by atoms with van der Waals surface area (Å²) < 4.78 is 5.23. The molecule has 0 aromatic heterocycles. The second-order valence-electron chi connectivity index (χ2n) is 6.40. The number of esters is 1. The normalized spacial score (nSPS) is 10.5. The first-order valence-corrected chi connectivity index (χ1v) is 9.12. The molecule has 0 heterocycles. The molecule has 3 rings (SSSR count). The molecular weight excluding hydrogens is 436 g/mol. The molecule has 12 heteroatoms. The number of para-hydroxylation sites is 2. The molecule has 1 amide bonds. The summed E-state index contributed by atoms with van der Waals surface area (Å²) in [5, 5.41) is 35.5. The molecule has 2 N–H and O–H groups in total. The van der Waals surface area contributed by atoms with E-state index >= 15 is 0 Å². The largest absolute Gasteiger partial charge is 0.507 e. The second-order valence-corrected chi connectivity index (χ2v) is 6.40. The lowest BCUT2D eigenvalue weighted by Crippen LogP contribution is -2.17. The maximum absolute atomic E-state index is 12.5. The Hall–Kier alpha value is -5.13. The lowest BCUT2D eigenvalue weighted by atomic mass is 10.1. The molecule has 33 heavy (non-hydrogen) atoms. The van der Waals surface area contributed by atoms with E-state index in [9.17, 15) is 34.9 Å². The van der Waals surface area contributed by atoms with E-state index in [1.54, 1.807) is 18.2 Å². The average Bonchev–Trinajstić information content (AvgIpc) is 2.80. The van der Waals surface area contributed by atoms with Gasteiger partial charge in [0.05, 0.1) is 33.3 Å². The Morgan fingerprint density at radius 3 is 2.18 bits per heavy atom. The average molecular weight is 450 g/mol. The zero-order valence-corrected chi connectivity index (χ0v) is 16.6. The maximum atomic E-state index is 12.5. The van der Waals surface area contributed by atoms with E-state index in [1.807, 2.05) is 0 Å². The minimum atomic E-state index is -1.07. The summed E-state index contributed by atoms with van der Waals surface area (Å²) in [5.74, 6) is -1.99. The first-order chi connectivity index (χ1) is 15.8. The molecule has 3 aromatic carbocycles. The number of nitrogens with zero attached hydrogens (tertiary/aromatic N) is 3. The number of hydrogen-bond donors (Lipinski definition) is 2. The molecule has 0 fully saturated rings. The van der Waals surface area contributed by atoms with Crippen LogP contribution in [0.5, 0.6) is 11.5 Å². The maximum Gasteiger partial charge on any atom is 0.344 e. The molecule has 0 saturated heterocycles. The highest BCUT2D eigenvalue weighted by Crippen LogP contribution is 2.25. The molecule has 0 aliphatic rings. The van der Waals surface area contributed by atoms with E-state index in [4.69, 9.17) is 4.74 Å². The predicted molar refractivity (Wildman–Crippen MR) is 114 cm³/mol. The van der Waals surface area contributed by atoms with Crippen molar-refractivity contribution < 1.29 is 29.3 Å². The van der Waals surface area contributed by atoms with Crippen LogP contribution in [-0.4, -0.2) is 33.0 Å². The Bertz CT molecular complexity index is 1260. The van der Waals surface area contributed by atoms with Gasteiger partial charge < -0.3 is 9.84 Å². The predicted octanol–water partition coefficient (Wildman–Crippen LogP) is 3.19. The molecule has 0 saturated carbocycles. The van der Waals surface area contributed by atoms with Crippen molar-refractivity contribution in [3.63, 3.8) is 0 Å². The van der Waals surface area contributed by atoms with Crippen molar-refractivity contribution >= 4 is 29.5 Å². The van der Waals surface area contributed by atoms with Crippen LogP contribution >= 0.6 is 0 Å². The number of nitro benzene ring substituents is 2. The molecule has 0 spiro atoms. The molecule has 0 aliphatic carbocycles. The lowest BCUT2D eigenvalue weighted by molar-refractivity contribution is -0.394. The molecule has 0 radical (unpaired) electrons. The molecule has 0 unspecified atom stereocenters. The SMILES string of the molecule is O=C(Oc1ccccc1C=NNC(=O)c1ccccc1O)c1cc([N+](=O)[O-])cc([N+](=O)[O-])c1. The van der Waals surface area contributed by atoms with Crippen LogP contribution in [-0.2, 0) is 0 Å².